The molecule has 2 aromatic heterocycles. The van der Waals surface area contributed by atoms with Gasteiger partial charge in [0.15, 0.2) is 0 Å². The number of hydrogen-bond acceptors (Lipinski definition) is 1. The minimum Gasteiger partial charge on any atom is -0.304 e. The molecule has 0 bridgehead atoms. The summed E-state index contributed by atoms with van der Waals surface area (Å²) in [6.45, 7) is 6.57. The zero-order valence-electron chi connectivity index (χ0n) is 8.99. The molecule has 2 aromatic rings. The molecule has 0 radical (unpaired) electrons. The molecule has 0 aliphatic heterocycles. The van der Waals surface area contributed by atoms with Crippen LogP contribution < -0.4 is 0 Å². The summed E-state index contributed by atoms with van der Waals surface area (Å²) < 4.78 is 2.20. The van der Waals surface area contributed by atoms with E-state index in [0.29, 0.717) is 5.92 Å². The van der Waals surface area contributed by atoms with Crippen molar-refractivity contribution < 1.29 is 0 Å². The molecule has 2 heterocycles. The van der Waals surface area contributed by atoms with Crippen LogP contribution in [0.1, 0.15) is 37.9 Å². The smallest absolute Gasteiger partial charge is 0.136 e. The topological polar surface area (TPSA) is 17.3 Å². The Kier molecular flexibility index (Phi) is 2.28. The van der Waals surface area contributed by atoms with Crippen LogP contribution in [0.15, 0.2) is 24.5 Å². The number of aryl methyl sites for hydroxylation is 1. The van der Waals surface area contributed by atoms with Crippen molar-refractivity contribution in [3.8, 4) is 0 Å². The molecule has 0 aromatic carbocycles. The van der Waals surface area contributed by atoms with E-state index in [1.165, 1.54) is 11.3 Å². The highest BCUT2D eigenvalue weighted by molar-refractivity contribution is 5.42. The molecule has 0 unspecified atom stereocenters. The van der Waals surface area contributed by atoms with Crippen molar-refractivity contribution in [2.75, 3.05) is 0 Å². The number of pyridine rings is 1. The number of rotatable bonds is 2. The maximum absolute atomic E-state index is 4.38. The monoisotopic (exact) mass is 188 g/mol. The molecule has 74 valence electrons. The minimum absolute atomic E-state index is 0.525. The lowest BCUT2D eigenvalue weighted by molar-refractivity contribution is 0.806. The first kappa shape index (κ1) is 9.25. The Morgan fingerprint density at radius 1 is 1.36 bits per heavy atom. The normalized spacial score (nSPS) is 11.4. The summed E-state index contributed by atoms with van der Waals surface area (Å²) in [6, 6.07) is 4.23. The molecule has 2 rings (SSSR count). The number of hydrogen-bond donors (Lipinski definition) is 0. The Morgan fingerprint density at radius 3 is 2.79 bits per heavy atom. The minimum atomic E-state index is 0.525. The number of aromatic nitrogens is 2. The first-order chi connectivity index (χ1) is 6.72. The van der Waals surface area contributed by atoms with Crippen LogP contribution in [0.3, 0.4) is 0 Å². The molecule has 0 aliphatic rings. The van der Waals surface area contributed by atoms with E-state index in [2.05, 4.69) is 48.5 Å². The van der Waals surface area contributed by atoms with Crippen LogP contribution in [0.2, 0.25) is 0 Å². The fourth-order valence-electron chi connectivity index (χ4n) is 1.68. The Morgan fingerprint density at radius 2 is 2.14 bits per heavy atom. The van der Waals surface area contributed by atoms with Crippen molar-refractivity contribution in [2.45, 2.75) is 33.1 Å². The van der Waals surface area contributed by atoms with Crippen LogP contribution in [-0.4, -0.2) is 9.38 Å². The predicted molar refractivity (Wildman–Crippen MR) is 58.7 cm³/mol. The predicted octanol–water partition coefficient (Wildman–Crippen LogP) is 3.02. The second-order valence-corrected chi connectivity index (χ2v) is 3.96. The Bertz CT molecular complexity index is 441. The highest BCUT2D eigenvalue weighted by Crippen LogP contribution is 2.17. The number of fused-ring (bicyclic) bond motifs is 1. The third-order valence-corrected chi connectivity index (χ3v) is 2.60. The largest absolute Gasteiger partial charge is 0.304 e. The SMILES string of the molecule is CCc1ccc2ncc(C(C)C)n2c1. The first-order valence-corrected chi connectivity index (χ1v) is 5.18. The molecule has 0 amide bonds. The van der Waals surface area contributed by atoms with Gasteiger partial charge >= 0.3 is 0 Å². The van der Waals surface area contributed by atoms with Crippen molar-refractivity contribution in [1.29, 1.82) is 0 Å². The highest BCUT2D eigenvalue weighted by atomic mass is 15.0. The van der Waals surface area contributed by atoms with Gasteiger partial charge in [-0.1, -0.05) is 26.8 Å². The van der Waals surface area contributed by atoms with E-state index in [4.69, 9.17) is 0 Å². The molecule has 2 nitrogen and oxygen atoms in total. The summed E-state index contributed by atoms with van der Waals surface area (Å²) >= 11 is 0. The third-order valence-electron chi connectivity index (χ3n) is 2.60. The standard InChI is InChI=1S/C12H16N2/c1-4-10-5-6-12-13-7-11(9(2)3)14(12)8-10/h5-9H,4H2,1-3H3. The summed E-state index contributed by atoms with van der Waals surface area (Å²) in [7, 11) is 0. The van der Waals surface area contributed by atoms with Gasteiger partial charge in [-0.25, -0.2) is 4.98 Å². The summed E-state index contributed by atoms with van der Waals surface area (Å²) in [5.41, 5.74) is 3.69. The highest BCUT2D eigenvalue weighted by Gasteiger charge is 2.06. The maximum atomic E-state index is 4.38. The van der Waals surface area contributed by atoms with Crippen molar-refractivity contribution in [1.82, 2.24) is 9.38 Å². The van der Waals surface area contributed by atoms with Crippen LogP contribution in [0, 0.1) is 0 Å². The van der Waals surface area contributed by atoms with Crippen LogP contribution in [-0.2, 0) is 6.42 Å². The number of imidazole rings is 1. The molecule has 0 aliphatic carbocycles. The van der Waals surface area contributed by atoms with E-state index in [1.54, 1.807) is 0 Å². The summed E-state index contributed by atoms with van der Waals surface area (Å²) in [6.07, 6.45) is 5.24. The van der Waals surface area contributed by atoms with Crippen LogP contribution >= 0.6 is 0 Å². The van der Waals surface area contributed by atoms with Crippen molar-refractivity contribution >= 4 is 5.65 Å². The molecular formula is C12H16N2. The average molecular weight is 188 g/mol. The summed E-state index contributed by atoms with van der Waals surface area (Å²) in [4.78, 5) is 4.38. The summed E-state index contributed by atoms with van der Waals surface area (Å²) in [5, 5.41) is 0. The van der Waals surface area contributed by atoms with Gasteiger partial charge in [0, 0.05) is 18.1 Å². The molecule has 0 fully saturated rings. The summed E-state index contributed by atoms with van der Waals surface area (Å²) in [5.74, 6) is 0.525. The van der Waals surface area contributed by atoms with Gasteiger partial charge in [0.05, 0.1) is 0 Å². The molecule has 2 heteroatoms. The maximum Gasteiger partial charge on any atom is 0.136 e. The molecule has 14 heavy (non-hydrogen) atoms. The van der Waals surface area contributed by atoms with Gasteiger partial charge in [0.2, 0.25) is 0 Å². The van der Waals surface area contributed by atoms with Crippen LogP contribution in [0.5, 0.6) is 0 Å². The fraction of sp³-hybridized carbons (Fsp3) is 0.417. The number of nitrogens with zero attached hydrogens (tertiary/aromatic N) is 2. The van der Waals surface area contributed by atoms with Gasteiger partial charge in [-0.15, -0.1) is 0 Å². The molecule has 0 N–H and O–H groups in total. The molecular weight excluding hydrogens is 172 g/mol. The second kappa shape index (κ2) is 3.45. The Hall–Kier alpha value is -1.31. The molecule has 0 saturated carbocycles. The average Bonchev–Trinajstić information content (AvgIpc) is 2.59. The van der Waals surface area contributed by atoms with Gasteiger partial charge < -0.3 is 4.40 Å². The third kappa shape index (κ3) is 1.41. The van der Waals surface area contributed by atoms with Crippen LogP contribution in [0.25, 0.3) is 5.65 Å². The van der Waals surface area contributed by atoms with Crippen LogP contribution in [0.4, 0.5) is 0 Å². The van der Waals surface area contributed by atoms with E-state index >= 15 is 0 Å². The van der Waals surface area contributed by atoms with Gasteiger partial charge in [-0.3, -0.25) is 0 Å². The molecule has 0 atom stereocenters. The lowest BCUT2D eigenvalue weighted by atomic mass is 10.1. The van der Waals surface area contributed by atoms with E-state index < -0.39 is 0 Å². The van der Waals surface area contributed by atoms with Crippen molar-refractivity contribution in [3.63, 3.8) is 0 Å². The second-order valence-electron chi connectivity index (χ2n) is 3.96. The fourth-order valence-corrected chi connectivity index (χ4v) is 1.68. The van der Waals surface area contributed by atoms with E-state index in [1.807, 2.05) is 6.20 Å². The quantitative estimate of drug-likeness (QED) is 0.708. The van der Waals surface area contributed by atoms with E-state index in [0.717, 1.165) is 12.1 Å². The lowest BCUT2D eigenvalue weighted by Crippen LogP contribution is -1.96. The zero-order chi connectivity index (χ0) is 10.1. The van der Waals surface area contributed by atoms with Crippen molar-refractivity contribution in [3.05, 3.63) is 35.8 Å². The van der Waals surface area contributed by atoms with E-state index in [-0.39, 0.29) is 0 Å². The molecule has 0 saturated heterocycles. The van der Waals surface area contributed by atoms with Gasteiger partial charge in [0.25, 0.3) is 0 Å². The van der Waals surface area contributed by atoms with Crippen molar-refractivity contribution in [2.24, 2.45) is 0 Å². The van der Waals surface area contributed by atoms with Gasteiger partial charge in [-0.05, 0) is 24.0 Å². The zero-order valence-corrected chi connectivity index (χ0v) is 8.99. The Balaban J connectivity index is 2.63. The lowest BCUT2D eigenvalue weighted by Gasteiger charge is -2.05. The molecule has 0 spiro atoms. The Labute approximate surface area is 84.6 Å². The van der Waals surface area contributed by atoms with Gasteiger partial charge in [0.1, 0.15) is 5.65 Å². The first-order valence-electron chi connectivity index (χ1n) is 5.18. The van der Waals surface area contributed by atoms with Gasteiger partial charge in [-0.2, -0.15) is 0 Å². The van der Waals surface area contributed by atoms with E-state index in [9.17, 15) is 0 Å².